The zero-order valence-corrected chi connectivity index (χ0v) is 10.4. The van der Waals surface area contributed by atoms with Crippen LogP contribution in [0.5, 0.6) is 0 Å². The molecule has 0 unspecified atom stereocenters. The third-order valence-corrected chi connectivity index (χ3v) is 3.09. The molecule has 4 nitrogen and oxygen atoms in total. The van der Waals surface area contributed by atoms with Crippen molar-refractivity contribution in [2.75, 3.05) is 11.9 Å². The molecule has 0 aliphatic carbocycles. The van der Waals surface area contributed by atoms with Gasteiger partial charge in [-0.1, -0.05) is 11.6 Å². The lowest BCUT2D eigenvalue weighted by molar-refractivity contribution is -0.126. The van der Waals surface area contributed by atoms with E-state index in [0.29, 0.717) is 13.0 Å². The number of hydrogen-bond donors (Lipinski definition) is 2. The average molecular weight is 273 g/mol. The molecule has 1 aromatic carbocycles. The smallest absolute Gasteiger partial charge is 0.253 e. The Labute approximate surface area is 109 Å². The van der Waals surface area contributed by atoms with Gasteiger partial charge in [-0.25, -0.2) is 4.39 Å². The van der Waals surface area contributed by atoms with Crippen LogP contribution >= 0.6 is 11.6 Å². The summed E-state index contributed by atoms with van der Waals surface area (Å²) >= 11 is 5.63. The van der Waals surface area contributed by atoms with Crippen LogP contribution in [0.4, 0.5) is 10.1 Å². The minimum absolute atomic E-state index is 0.0872. The SMILES string of the molecule is NC[C@H]1CC[C@@H](C(=O)Nc2ccc(Cl)cc2F)O1. The molecule has 18 heavy (non-hydrogen) atoms. The Morgan fingerprint density at radius 2 is 2.33 bits per heavy atom. The molecule has 0 radical (unpaired) electrons. The fraction of sp³-hybridized carbons (Fsp3) is 0.417. The van der Waals surface area contributed by atoms with E-state index in [-0.39, 0.29) is 22.7 Å². The normalized spacial score (nSPS) is 23.1. The van der Waals surface area contributed by atoms with Gasteiger partial charge in [-0.2, -0.15) is 0 Å². The highest BCUT2D eigenvalue weighted by Crippen LogP contribution is 2.22. The first-order chi connectivity index (χ1) is 8.60. The highest BCUT2D eigenvalue weighted by atomic mass is 35.5. The molecule has 1 aromatic rings. The van der Waals surface area contributed by atoms with Gasteiger partial charge in [0.2, 0.25) is 0 Å². The number of rotatable bonds is 3. The van der Waals surface area contributed by atoms with Gasteiger partial charge in [-0.05, 0) is 31.0 Å². The van der Waals surface area contributed by atoms with Crippen LogP contribution in [-0.4, -0.2) is 24.7 Å². The van der Waals surface area contributed by atoms with Crippen molar-refractivity contribution in [1.29, 1.82) is 0 Å². The number of anilines is 1. The molecule has 1 heterocycles. The monoisotopic (exact) mass is 272 g/mol. The number of nitrogens with one attached hydrogen (secondary N) is 1. The van der Waals surface area contributed by atoms with E-state index in [4.69, 9.17) is 22.1 Å². The van der Waals surface area contributed by atoms with Crippen LogP contribution < -0.4 is 11.1 Å². The van der Waals surface area contributed by atoms with Gasteiger partial charge in [0, 0.05) is 11.6 Å². The molecule has 2 rings (SSSR count). The fourth-order valence-corrected chi connectivity index (χ4v) is 2.03. The third kappa shape index (κ3) is 2.98. The van der Waals surface area contributed by atoms with E-state index in [1.165, 1.54) is 12.1 Å². The number of ether oxygens (including phenoxy) is 1. The summed E-state index contributed by atoms with van der Waals surface area (Å²) in [4.78, 5) is 11.8. The fourth-order valence-electron chi connectivity index (χ4n) is 1.88. The Morgan fingerprint density at radius 1 is 1.56 bits per heavy atom. The van der Waals surface area contributed by atoms with Crippen LogP contribution in [0.3, 0.4) is 0 Å². The quantitative estimate of drug-likeness (QED) is 0.884. The number of amides is 1. The first kappa shape index (κ1) is 13.3. The Kier molecular flexibility index (Phi) is 4.16. The van der Waals surface area contributed by atoms with Crippen molar-refractivity contribution in [2.24, 2.45) is 5.73 Å². The molecule has 3 N–H and O–H groups in total. The van der Waals surface area contributed by atoms with Crippen molar-refractivity contribution < 1.29 is 13.9 Å². The van der Waals surface area contributed by atoms with E-state index in [9.17, 15) is 9.18 Å². The maximum Gasteiger partial charge on any atom is 0.253 e. The molecule has 98 valence electrons. The van der Waals surface area contributed by atoms with Gasteiger partial charge in [0.15, 0.2) is 0 Å². The number of nitrogens with two attached hydrogens (primary N) is 1. The van der Waals surface area contributed by atoms with E-state index in [2.05, 4.69) is 5.32 Å². The summed E-state index contributed by atoms with van der Waals surface area (Å²) in [5.74, 6) is -0.920. The lowest BCUT2D eigenvalue weighted by Crippen LogP contribution is -2.30. The summed E-state index contributed by atoms with van der Waals surface area (Å²) in [7, 11) is 0. The van der Waals surface area contributed by atoms with E-state index >= 15 is 0 Å². The number of carbonyl (C=O) groups excluding carboxylic acids is 1. The molecular weight excluding hydrogens is 259 g/mol. The summed E-state index contributed by atoms with van der Waals surface area (Å²) in [6, 6.07) is 4.08. The van der Waals surface area contributed by atoms with Crippen molar-refractivity contribution in [2.45, 2.75) is 25.0 Å². The van der Waals surface area contributed by atoms with Crippen LogP contribution in [0.1, 0.15) is 12.8 Å². The maximum absolute atomic E-state index is 13.5. The van der Waals surface area contributed by atoms with E-state index in [1.54, 1.807) is 0 Å². The number of carbonyl (C=O) groups is 1. The molecule has 1 aliphatic rings. The summed E-state index contributed by atoms with van der Waals surface area (Å²) in [5, 5.41) is 2.77. The topological polar surface area (TPSA) is 64.4 Å². The van der Waals surface area contributed by atoms with Crippen LogP contribution in [0, 0.1) is 5.82 Å². The molecule has 0 bridgehead atoms. The molecule has 2 atom stereocenters. The minimum atomic E-state index is -0.566. The number of benzene rings is 1. The van der Waals surface area contributed by atoms with Crippen LogP contribution in [0.15, 0.2) is 18.2 Å². The lowest BCUT2D eigenvalue weighted by Gasteiger charge is -2.13. The molecule has 1 fully saturated rings. The highest BCUT2D eigenvalue weighted by molar-refractivity contribution is 6.30. The van der Waals surface area contributed by atoms with Gasteiger partial charge in [-0.15, -0.1) is 0 Å². The largest absolute Gasteiger partial charge is 0.364 e. The van der Waals surface area contributed by atoms with Crippen molar-refractivity contribution >= 4 is 23.2 Å². The summed E-state index contributed by atoms with van der Waals surface area (Å²) in [6.07, 6.45) is 0.699. The second kappa shape index (κ2) is 5.65. The maximum atomic E-state index is 13.5. The second-order valence-corrected chi connectivity index (χ2v) is 4.61. The van der Waals surface area contributed by atoms with Crippen LogP contribution in [0.2, 0.25) is 5.02 Å². The molecule has 0 aromatic heterocycles. The third-order valence-electron chi connectivity index (χ3n) is 2.85. The van der Waals surface area contributed by atoms with Gasteiger partial charge in [0.1, 0.15) is 11.9 Å². The van der Waals surface area contributed by atoms with Crippen molar-refractivity contribution in [3.05, 3.63) is 29.0 Å². The molecule has 6 heteroatoms. The molecular formula is C12H14ClFN2O2. The minimum Gasteiger partial charge on any atom is -0.364 e. The number of hydrogen-bond acceptors (Lipinski definition) is 3. The Morgan fingerprint density at radius 3 is 2.94 bits per heavy atom. The first-order valence-electron chi connectivity index (χ1n) is 5.71. The zero-order chi connectivity index (χ0) is 13.1. The molecule has 0 saturated carbocycles. The molecule has 1 aliphatic heterocycles. The first-order valence-corrected chi connectivity index (χ1v) is 6.09. The zero-order valence-electron chi connectivity index (χ0n) is 9.66. The van der Waals surface area contributed by atoms with E-state index in [0.717, 1.165) is 12.5 Å². The molecule has 0 spiro atoms. The van der Waals surface area contributed by atoms with E-state index in [1.807, 2.05) is 0 Å². The van der Waals surface area contributed by atoms with Crippen molar-refractivity contribution in [3.8, 4) is 0 Å². The Bertz CT molecular complexity index is 456. The predicted octanol–water partition coefficient (Wildman–Crippen LogP) is 1.92. The lowest BCUT2D eigenvalue weighted by atomic mass is 10.2. The van der Waals surface area contributed by atoms with Crippen molar-refractivity contribution in [3.63, 3.8) is 0 Å². The van der Waals surface area contributed by atoms with Gasteiger partial charge in [-0.3, -0.25) is 4.79 Å². The second-order valence-electron chi connectivity index (χ2n) is 4.17. The van der Waals surface area contributed by atoms with E-state index < -0.39 is 11.9 Å². The number of halogens is 2. The Balaban J connectivity index is 1.99. The van der Waals surface area contributed by atoms with Gasteiger partial charge in [0.25, 0.3) is 5.91 Å². The van der Waals surface area contributed by atoms with Gasteiger partial charge in [0.05, 0.1) is 11.8 Å². The van der Waals surface area contributed by atoms with Gasteiger partial charge < -0.3 is 15.8 Å². The van der Waals surface area contributed by atoms with Crippen molar-refractivity contribution in [1.82, 2.24) is 0 Å². The van der Waals surface area contributed by atoms with Crippen LogP contribution in [-0.2, 0) is 9.53 Å². The standard InChI is InChI=1S/C12H14ClFN2O2/c13-7-1-3-10(9(14)5-7)16-12(17)11-4-2-8(6-15)18-11/h1,3,5,8,11H,2,4,6,15H2,(H,16,17)/t8-,11+/m1/s1. The van der Waals surface area contributed by atoms with Crippen LogP contribution in [0.25, 0.3) is 0 Å². The predicted molar refractivity (Wildman–Crippen MR) is 67.0 cm³/mol. The average Bonchev–Trinajstić information content (AvgIpc) is 2.81. The Hall–Kier alpha value is -1.17. The molecule has 1 amide bonds. The summed E-state index contributed by atoms with van der Waals surface area (Å²) < 4.78 is 18.9. The molecule has 1 saturated heterocycles. The summed E-state index contributed by atoms with van der Waals surface area (Å²) in [6.45, 7) is 0.388. The van der Waals surface area contributed by atoms with Gasteiger partial charge >= 0.3 is 0 Å². The highest BCUT2D eigenvalue weighted by Gasteiger charge is 2.30. The summed E-state index contributed by atoms with van der Waals surface area (Å²) in [5.41, 5.74) is 5.56.